The smallest absolute Gasteiger partial charge is 0.275 e. The molecule has 2 N–H and O–H groups in total. The number of halogens is 2. The number of nitrogens with zero attached hydrogens (tertiary/aromatic N) is 1. The lowest BCUT2D eigenvalue weighted by Gasteiger charge is -2.04. The molecule has 118 valence electrons. The molecule has 1 aliphatic rings. The lowest BCUT2D eigenvalue weighted by Crippen LogP contribution is -2.17. The second-order valence-electron chi connectivity index (χ2n) is 4.60. The molecule has 0 spiro atoms. The summed E-state index contributed by atoms with van der Waals surface area (Å²) in [4.78, 5) is 11.9. The second-order valence-corrected chi connectivity index (χ2v) is 5.44. The number of ether oxygens (including phenoxy) is 2. The van der Waals surface area contributed by atoms with E-state index in [0.717, 1.165) is 0 Å². The number of phenolic OH excluding ortho intramolecular Hbond substituents is 1. The van der Waals surface area contributed by atoms with Crippen molar-refractivity contribution in [3.63, 3.8) is 0 Å². The van der Waals surface area contributed by atoms with Crippen molar-refractivity contribution in [3.05, 3.63) is 51.5 Å². The average Bonchev–Trinajstić information content (AvgIpc) is 2.98. The number of benzene rings is 2. The molecular weight excluding hydrogens is 343 g/mol. The molecule has 0 radical (unpaired) electrons. The van der Waals surface area contributed by atoms with Crippen LogP contribution in [0.15, 0.2) is 35.4 Å². The summed E-state index contributed by atoms with van der Waals surface area (Å²) in [5.74, 6) is 0.218. The highest BCUT2D eigenvalue weighted by molar-refractivity contribution is 6.32. The molecule has 0 aromatic heterocycles. The van der Waals surface area contributed by atoms with Gasteiger partial charge in [-0.05, 0) is 35.9 Å². The zero-order valence-corrected chi connectivity index (χ0v) is 13.1. The summed E-state index contributed by atoms with van der Waals surface area (Å²) in [7, 11) is 0. The highest BCUT2D eigenvalue weighted by atomic mass is 35.5. The molecule has 0 unspecified atom stereocenters. The molecule has 1 amide bonds. The summed E-state index contributed by atoms with van der Waals surface area (Å²) in [6.45, 7) is 0.112. The van der Waals surface area contributed by atoms with Gasteiger partial charge in [0, 0.05) is 5.02 Å². The summed E-state index contributed by atoms with van der Waals surface area (Å²) in [6.07, 6.45) is 1.40. The quantitative estimate of drug-likeness (QED) is 0.656. The van der Waals surface area contributed by atoms with Gasteiger partial charge < -0.3 is 14.6 Å². The maximum atomic E-state index is 11.9. The first kappa shape index (κ1) is 15.5. The van der Waals surface area contributed by atoms with Crippen LogP contribution in [0, 0.1) is 0 Å². The predicted molar refractivity (Wildman–Crippen MR) is 85.8 cm³/mol. The van der Waals surface area contributed by atoms with Crippen LogP contribution in [0.4, 0.5) is 0 Å². The Hall–Kier alpha value is -2.44. The zero-order valence-electron chi connectivity index (χ0n) is 11.5. The number of carbonyl (C=O) groups is 1. The van der Waals surface area contributed by atoms with E-state index in [9.17, 15) is 9.90 Å². The summed E-state index contributed by atoms with van der Waals surface area (Å²) >= 11 is 11.8. The first-order valence-electron chi connectivity index (χ1n) is 6.45. The monoisotopic (exact) mass is 352 g/mol. The van der Waals surface area contributed by atoms with Crippen molar-refractivity contribution in [3.8, 4) is 17.2 Å². The normalized spacial score (nSPS) is 12.6. The number of amides is 1. The molecule has 23 heavy (non-hydrogen) atoms. The van der Waals surface area contributed by atoms with Crippen molar-refractivity contribution in [2.24, 2.45) is 5.10 Å². The molecule has 0 fully saturated rings. The van der Waals surface area contributed by atoms with Crippen LogP contribution in [-0.4, -0.2) is 24.0 Å². The Morgan fingerprint density at radius 3 is 2.91 bits per heavy atom. The van der Waals surface area contributed by atoms with Crippen molar-refractivity contribution < 1.29 is 19.4 Å². The van der Waals surface area contributed by atoms with Gasteiger partial charge in [0.1, 0.15) is 5.75 Å². The predicted octanol–water partition coefficient (Wildman–Crippen LogP) is 3.19. The summed E-state index contributed by atoms with van der Waals surface area (Å²) in [6, 6.07) is 7.46. The van der Waals surface area contributed by atoms with Crippen molar-refractivity contribution in [1.29, 1.82) is 0 Å². The van der Waals surface area contributed by atoms with Crippen LogP contribution in [0.1, 0.15) is 15.9 Å². The van der Waals surface area contributed by atoms with E-state index in [1.165, 1.54) is 24.4 Å². The maximum absolute atomic E-state index is 11.9. The first-order chi connectivity index (χ1) is 11.0. The average molecular weight is 353 g/mol. The number of carbonyl (C=O) groups excluding carboxylic acids is 1. The van der Waals surface area contributed by atoms with Gasteiger partial charge in [0.05, 0.1) is 16.8 Å². The molecule has 1 heterocycles. The number of nitrogens with one attached hydrogen (secondary N) is 1. The van der Waals surface area contributed by atoms with Gasteiger partial charge in [-0.15, -0.1) is 0 Å². The van der Waals surface area contributed by atoms with Gasteiger partial charge in [-0.2, -0.15) is 5.10 Å². The van der Waals surface area contributed by atoms with Gasteiger partial charge in [-0.3, -0.25) is 4.79 Å². The third-order valence-electron chi connectivity index (χ3n) is 3.03. The van der Waals surface area contributed by atoms with E-state index in [2.05, 4.69) is 10.5 Å². The summed E-state index contributed by atoms with van der Waals surface area (Å²) < 4.78 is 10.4. The number of hydrazone groups is 1. The van der Waals surface area contributed by atoms with Gasteiger partial charge in [0.25, 0.3) is 5.91 Å². The van der Waals surface area contributed by atoms with E-state index in [1.807, 2.05) is 0 Å². The SMILES string of the molecule is O=C(N/N=C\c1cc(Cl)c2c(c1)OCO2)c1cc(Cl)ccc1O. The number of hydrogen-bond acceptors (Lipinski definition) is 5. The molecule has 1 aliphatic heterocycles. The van der Waals surface area contributed by atoms with Crippen molar-refractivity contribution in [1.82, 2.24) is 5.43 Å². The Kier molecular flexibility index (Phi) is 4.27. The highest BCUT2D eigenvalue weighted by Gasteiger charge is 2.17. The van der Waals surface area contributed by atoms with Crippen molar-refractivity contribution >= 4 is 35.3 Å². The molecule has 2 aromatic rings. The van der Waals surface area contributed by atoms with Crippen LogP contribution in [-0.2, 0) is 0 Å². The maximum Gasteiger partial charge on any atom is 0.275 e. The minimum atomic E-state index is -0.590. The minimum Gasteiger partial charge on any atom is -0.507 e. The largest absolute Gasteiger partial charge is 0.507 e. The molecule has 8 heteroatoms. The molecule has 2 aromatic carbocycles. The van der Waals surface area contributed by atoms with Crippen LogP contribution in [0.2, 0.25) is 10.0 Å². The fourth-order valence-corrected chi connectivity index (χ4v) is 2.42. The Morgan fingerprint density at radius 2 is 2.09 bits per heavy atom. The second kappa shape index (κ2) is 6.36. The Bertz CT molecular complexity index is 808. The van der Waals surface area contributed by atoms with Gasteiger partial charge >= 0.3 is 0 Å². The lowest BCUT2D eigenvalue weighted by molar-refractivity contribution is 0.0952. The molecule has 0 atom stereocenters. The number of fused-ring (bicyclic) bond motifs is 1. The summed E-state index contributed by atoms with van der Waals surface area (Å²) in [5.41, 5.74) is 2.95. The van der Waals surface area contributed by atoms with Crippen LogP contribution in [0.5, 0.6) is 17.2 Å². The lowest BCUT2D eigenvalue weighted by atomic mass is 10.2. The van der Waals surface area contributed by atoms with E-state index >= 15 is 0 Å². The molecule has 0 saturated carbocycles. The molecular formula is C15H10Cl2N2O4. The zero-order chi connectivity index (χ0) is 16.4. The van der Waals surface area contributed by atoms with Gasteiger partial charge in [-0.25, -0.2) is 5.43 Å². The van der Waals surface area contributed by atoms with E-state index in [0.29, 0.717) is 27.1 Å². The molecule has 0 bridgehead atoms. The molecule has 0 saturated heterocycles. The molecule has 6 nitrogen and oxygen atoms in total. The number of aromatic hydroxyl groups is 1. The van der Waals surface area contributed by atoms with Crippen LogP contribution in [0.25, 0.3) is 0 Å². The standard InChI is InChI=1S/C15H10Cl2N2O4/c16-9-1-2-12(20)10(5-9)15(21)19-18-6-8-3-11(17)14-13(4-8)22-7-23-14/h1-6,20H,7H2,(H,19,21)/b18-6-. The minimum absolute atomic E-state index is 0.0263. The molecule has 0 aliphatic carbocycles. The number of hydrogen-bond donors (Lipinski definition) is 2. The fraction of sp³-hybridized carbons (Fsp3) is 0.0667. The Balaban J connectivity index is 1.73. The number of phenols is 1. The first-order valence-corrected chi connectivity index (χ1v) is 7.21. The van der Waals surface area contributed by atoms with Gasteiger partial charge in [-0.1, -0.05) is 23.2 Å². The third kappa shape index (κ3) is 3.33. The van der Waals surface area contributed by atoms with E-state index in [1.54, 1.807) is 12.1 Å². The van der Waals surface area contributed by atoms with Crippen LogP contribution >= 0.6 is 23.2 Å². The van der Waals surface area contributed by atoms with Crippen LogP contribution in [0.3, 0.4) is 0 Å². The fourth-order valence-electron chi connectivity index (χ4n) is 1.98. The number of rotatable bonds is 3. The van der Waals surface area contributed by atoms with Gasteiger partial charge in [0.2, 0.25) is 6.79 Å². The van der Waals surface area contributed by atoms with Crippen molar-refractivity contribution in [2.45, 2.75) is 0 Å². The van der Waals surface area contributed by atoms with E-state index < -0.39 is 5.91 Å². The topological polar surface area (TPSA) is 80.2 Å². The highest BCUT2D eigenvalue weighted by Crippen LogP contribution is 2.39. The Labute approximate surface area is 141 Å². The molecule has 3 rings (SSSR count). The Morgan fingerprint density at radius 1 is 1.26 bits per heavy atom. The summed E-state index contributed by atoms with van der Waals surface area (Å²) in [5, 5.41) is 14.2. The van der Waals surface area contributed by atoms with E-state index in [-0.39, 0.29) is 18.1 Å². The third-order valence-corrected chi connectivity index (χ3v) is 3.55. The van der Waals surface area contributed by atoms with E-state index in [4.69, 9.17) is 32.7 Å². The van der Waals surface area contributed by atoms with Crippen LogP contribution < -0.4 is 14.9 Å². The van der Waals surface area contributed by atoms with Crippen molar-refractivity contribution in [2.75, 3.05) is 6.79 Å². The van der Waals surface area contributed by atoms with Gasteiger partial charge in [0.15, 0.2) is 11.5 Å².